The highest BCUT2D eigenvalue weighted by Gasteiger charge is 2.20. The number of anilines is 1. The van der Waals surface area contributed by atoms with Crippen LogP contribution >= 0.6 is 0 Å². The molecule has 32 heavy (non-hydrogen) atoms. The van der Waals surface area contributed by atoms with E-state index in [4.69, 9.17) is 5.73 Å². The molecule has 0 bridgehead atoms. The van der Waals surface area contributed by atoms with Gasteiger partial charge in [-0.2, -0.15) is 9.78 Å². The number of nitrogen functional groups attached to an aromatic ring is 1. The number of hydrogen-bond acceptors (Lipinski definition) is 7. The largest absolute Gasteiger partial charge is 0.383 e. The SMILES string of the molecule is CNCCC[C@@H](C)n1cc(-c2cnc(N)c(-c3nnnn3-c3cccc(F)c3F)c2)cn1. The van der Waals surface area contributed by atoms with Gasteiger partial charge in [-0.25, -0.2) is 13.8 Å². The predicted molar refractivity (Wildman–Crippen MR) is 116 cm³/mol. The molecule has 0 aliphatic carbocycles. The molecular formula is C21H23F2N9. The van der Waals surface area contributed by atoms with Gasteiger partial charge in [-0.3, -0.25) is 4.68 Å². The van der Waals surface area contributed by atoms with Gasteiger partial charge in [-0.05, 0) is 62.0 Å². The Balaban J connectivity index is 1.67. The lowest BCUT2D eigenvalue weighted by atomic mass is 10.1. The Morgan fingerprint density at radius 1 is 1.19 bits per heavy atom. The van der Waals surface area contributed by atoms with E-state index in [9.17, 15) is 8.78 Å². The van der Waals surface area contributed by atoms with Gasteiger partial charge in [0.2, 0.25) is 0 Å². The summed E-state index contributed by atoms with van der Waals surface area (Å²) in [4.78, 5) is 4.26. The van der Waals surface area contributed by atoms with Crippen molar-refractivity contribution < 1.29 is 8.78 Å². The summed E-state index contributed by atoms with van der Waals surface area (Å²) in [6.45, 7) is 3.06. The van der Waals surface area contributed by atoms with Gasteiger partial charge < -0.3 is 11.1 Å². The normalized spacial score (nSPS) is 12.2. The smallest absolute Gasteiger partial charge is 0.190 e. The van der Waals surface area contributed by atoms with Crippen molar-refractivity contribution in [3.05, 3.63) is 54.5 Å². The number of rotatable bonds is 8. The third-order valence-corrected chi connectivity index (χ3v) is 5.22. The maximum atomic E-state index is 14.3. The molecule has 0 spiro atoms. The van der Waals surface area contributed by atoms with E-state index in [-0.39, 0.29) is 23.4 Å². The summed E-state index contributed by atoms with van der Waals surface area (Å²) in [6.07, 6.45) is 7.35. The molecule has 0 saturated heterocycles. The molecular weight excluding hydrogens is 416 g/mol. The minimum Gasteiger partial charge on any atom is -0.383 e. The Hall–Kier alpha value is -3.73. The van der Waals surface area contributed by atoms with Crippen LogP contribution in [0.3, 0.4) is 0 Å². The zero-order chi connectivity index (χ0) is 22.7. The second-order valence-corrected chi connectivity index (χ2v) is 7.45. The van der Waals surface area contributed by atoms with E-state index in [0.29, 0.717) is 5.56 Å². The van der Waals surface area contributed by atoms with E-state index in [1.54, 1.807) is 18.5 Å². The lowest BCUT2D eigenvalue weighted by Crippen LogP contribution is -2.11. The van der Waals surface area contributed by atoms with E-state index in [1.807, 2.05) is 17.9 Å². The summed E-state index contributed by atoms with van der Waals surface area (Å²) >= 11 is 0. The van der Waals surface area contributed by atoms with Gasteiger partial charge in [0.1, 0.15) is 11.5 Å². The first-order chi connectivity index (χ1) is 15.5. The molecule has 0 radical (unpaired) electrons. The summed E-state index contributed by atoms with van der Waals surface area (Å²) in [7, 11) is 1.93. The van der Waals surface area contributed by atoms with Crippen molar-refractivity contribution in [1.82, 2.24) is 40.3 Å². The van der Waals surface area contributed by atoms with Gasteiger partial charge in [0.05, 0.1) is 11.8 Å². The van der Waals surface area contributed by atoms with Crippen LogP contribution in [0.4, 0.5) is 14.6 Å². The monoisotopic (exact) mass is 439 g/mol. The molecule has 9 nitrogen and oxygen atoms in total. The average molecular weight is 439 g/mol. The molecule has 1 atom stereocenters. The zero-order valence-corrected chi connectivity index (χ0v) is 17.7. The van der Waals surface area contributed by atoms with Crippen LogP contribution in [-0.4, -0.2) is 48.6 Å². The first-order valence-corrected chi connectivity index (χ1v) is 10.2. The third kappa shape index (κ3) is 4.19. The van der Waals surface area contributed by atoms with Gasteiger partial charge in [0, 0.05) is 29.6 Å². The topological polar surface area (TPSA) is 112 Å². The summed E-state index contributed by atoms with van der Waals surface area (Å²) in [5.74, 6) is -1.75. The standard InChI is InChI=1S/C21H23F2N9/c1-13(5-4-8-25-2)31-12-15(11-27-31)14-9-16(20(24)26-10-14)21-28-29-30-32(21)18-7-3-6-17(22)19(18)23/h3,6-7,9-13,25H,4-5,8H2,1-2H3,(H2,24,26)/t13-/m1/s1. The van der Waals surface area contributed by atoms with Crippen LogP contribution in [0.15, 0.2) is 42.9 Å². The van der Waals surface area contributed by atoms with Crippen LogP contribution < -0.4 is 11.1 Å². The highest BCUT2D eigenvalue weighted by atomic mass is 19.2. The van der Waals surface area contributed by atoms with Crippen molar-refractivity contribution >= 4 is 5.82 Å². The highest BCUT2D eigenvalue weighted by molar-refractivity contribution is 5.76. The van der Waals surface area contributed by atoms with Crippen molar-refractivity contribution in [2.45, 2.75) is 25.8 Å². The van der Waals surface area contributed by atoms with E-state index in [2.05, 4.69) is 37.8 Å². The summed E-state index contributed by atoms with van der Waals surface area (Å²) in [5.41, 5.74) is 7.94. The lowest BCUT2D eigenvalue weighted by Gasteiger charge is -2.11. The van der Waals surface area contributed by atoms with E-state index < -0.39 is 11.6 Å². The van der Waals surface area contributed by atoms with Crippen molar-refractivity contribution in [3.8, 4) is 28.2 Å². The van der Waals surface area contributed by atoms with Crippen LogP contribution in [0.1, 0.15) is 25.8 Å². The molecule has 4 rings (SSSR count). The highest BCUT2D eigenvalue weighted by Crippen LogP contribution is 2.30. The van der Waals surface area contributed by atoms with Crippen LogP contribution in [-0.2, 0) is 0 Å². The number of nitrogens with zero attached hydrogens (tertiary/aromatic N) is 7. The Morgan fingerprint density at radius 3 is 2.84 bits per heavy atom. The molecule has 11 heteroatoms. The van der Waals surface area contributed by atoms with Gasteiger partial charge in [0.25, 0.3) is 0 Å². The molecule has 4 aromatic rings. The number of halogens is 2. The first kappa shape index (κ1) is 21.5. The van der Waals surface area contributed by atoms with Gasteiger partial charge >= 0.3 is 0 Å². The van der Waals surface area contributed by atoms with Gasteiger partial charge in [-0.15, -0.1) is 5.10 Å². The van der Waals surface area contributed by atoms with Crippen molar-refractivity contribution in [2.24, 2.45) is 0 Å². The van der Waals surface area contributed by atoms with Gasteiger partial charge in [-0.1, -0.05) is 6.07 Å². The van der Waals surface area contributed by atoms with Crippen molar-refractivity contribution in [2.75, 3.05) is 19.3 Å². The van der Waals surface area contributed by atoms with Crippen molar-refractivity contribution in [1.29, 1.82) is 0 Å². The number of aromatic nitrogens is 7. The molecule has 0 aliphatic rings. The second kappa shape index (κ2) is 9.18. The number of tetrazole rings is 1. The fraction of sp³-hybridized carbons (Fsp3) is 0.286. The Morgan fingerprint density at radius 2 is 2.03 bits per heavy atom. The quantitative estimate of drug-likeness (QED) is 0.406. The fourth-order valence-electron chi connectivity index (χ4n) is 3.42. The summed E-state index contributed by atoms with van der Waals surface area (Å²) < 4.78 is 31.1. The van der Waals surface area contributed by atoms with Crippen LogP contribution in [0, 0.1) is 11.6 Å². The molecule has 3 heterocycles. The van der Waals surface area contributed by atoms with Crippen molar-refractivity contribution in [3.63, 3.8) is 0 Å². The Labute approximate surface area is 183 Å². The molecule has 0 aliphatic heterocycles. The number of hydrogen-bond donors (Lipinski definition) is 2. The molecule has 3 aromatic heterocycles. The Bertz CT molecular complexity index is 1220. The molecule has 0 saturated carbocycles. The molecule has 0 fully saturated rings. The summed E-state index contributed by atoms with van der Waals surface area (Å²) in [6, 6.07) is 5.78. The summed E-state index contributed by atoms with van der Waals surface area (Å²) in [5, 5.41) is 19.0. The minimum atomic E-state index is -1.06. The molecule has 166 valence electrons. The average Bonchev–Trinajstić information content (AvgIpc) is 3.46. The zero-order valence-electron chi connectivity index (χ0n) is 17.7. The number of benzene rings is 1. The maximum Gasteiger partial charge on any atom is 0.190 e. The van der Waals surface area contributed by atoms with Crippen LogP contribution in [0.25, 0.3) is 28.2 Å². The number of nitrogens with two attached hydrogens (primary N) is 1. The van der Waals surface area contributed by atoms with Crippen LogP contribution in [0.2, 0.25) is 0 Å². The first-order valence-electron chi connectivity index (χ1n) is 10.2. The third-order valence-electron chi connectivity index (χ3n) is 5.22. The van der Waals surface area contributed by atoms with E-state index >= 15 is 0 Å². The molecule has 1 aromatic carbocycles. The molecule has 0 amide bonds. The fourth-order valence-corrected chi connectivity index (χ4v) is 3.42. The predicted octanol–water partition coefficient (Wildman–Crippen LogP) is 3.01. The van der Waals surface area contributed by atoms with Crippen LogP contribution in [0.5, 0.6) is 0 Å². The van der Waals surface area contributed by atoms with Gasteiger partial charge in [0.15, 0.2) is 17.5 Å². The number of nitrogens with one attached hydrogen (secondary N) is 1. The van der Waals surface area contributed by atoms with E-state index in [1.165, 1.54) is 12.1 Å². The second-order valence-electron chi connectivity index (χ2n) is 7.45. The maximum absolute atomic E-state index is 14.3. The van der Waals surface area contributed by atoms with E-state index in [0.717, 1.165) is 41.3 Å². The minimum absolute atomic E-state index is 0.127. The molecule has 3 N–H and O–H groups in total. The lowest BCUT2D eigenvalue weighted by molar-refractivity contribution is 0.443. The Kier molecular flexibility index (Phi) is 6.17. The molecule has 0 unspecified atom stereocenters. The number of pyridine rings is 1.